The number of aryl methyl sites for hydroxylation is 1. The highest BCUT2D eigenvalue weighted by Crippen LogP contribution is 2.30. The van der Waals surface area contributed by atoms with Crippen LogP contribution < -0.4 is 9.64 Å². The van der Waals surface area contributed by atoms with Crippen molar-refractivity contribution in [1.82, 2.24) is 14.8 Å². The standard InChI is InChI=1S/C16H26N4O2/c1-12-4-5-15(22-3)16(17-12)20-10-13(14(21)11-20)19-8-6-18(2)7-9-19/h4-5,13-14,21H,6-11H2,1-3H3/t13-,14-/m0/s1. The van der Waals surface area contributed by atoms with Crippen LogP contribution in [0.25, 0.3) is 0 Å². The molecule has 6 heteroatoms. The number of likely N-dealkylation sites (N-methyl/N-ethyl adjacent to an activating group) is 1. The molecule has 0 amide bonds. The van der Waals surface area contributed by atoms with Gasteiger partial charge in [0.25, 0.3) is 0 Å². The van der Waals surface area contributed by atoms with E-state index in [2.05, 4.69) is 26.7 Å². The zero-order valence-electron chi connectivity index (χ0n) is 13.7. The second kappa shape index (κ2) is 6.40. The van der Waals surface area contributed by atoms with Gasteiger partial charge in [-0.1, -0.05) is 0 Å². The lowest BCUT2D eigenvalue weighted by atomic mass is 10.1. The summed E-state index contributed by atoms with van der Waals surface area (Å²) in [5, 5.41) is 10.5. The minimum absolute atomic E-state index is 0.181. The third-order valence-electron chi connectivity index (χ3n) is 4.76. The van der Waals surface area contributed by atoms with Gasteiger partial charge in [0.1, 0.15) is 0 Å². The van der Waals surface area contributed by atoms with E-state index in [-0.39, 0.29) is 12.1 Å². The van der Waals surface area contributed by atoms with Crippen LogP contribution >= 0.6 is 0 Å². The highest BCUT2D eigenvalue weighted by atomic mass is 16.5. The second-order valence-corrected chi connectivity index (χ2v) is 6.36. The molecular weight excluding hydrogens is 280 g/mol. The number of anilines is 1. The Morgan fingerprint density at radius 3 is 2.59 bits per heavy atom. The summed E-state index contributed by atoms with van der Waals surface area (Å²) in [6.45, 7) is 7.56. The van der Waals surface area contributed by atoms with Crippen molar-refractivity contribution in [2.75, 3.05) is 58.3 Å². The average Bonchev–Trinajstić information content (AvgIpc) is 2.90. The largest absolute Gasteiger partial charge is 0.493 e. The summed E-state index contributed by atoms with van der Waals surface area (Å²) in [5.41, 5.74) is 0.966. The quantitative estimate of drug-likeness (QED) is 0.861. The van der Waals surface area contributed by atoms with Crippen molar-refractivity contribution < 1.29 is 9.84 Å². The zero-order chi connectivity index (χ0) is 15.7. The number of pyridine rings is 1. The predicted molar refractivity (Wildman–Crippen MR) is 86.6 cm³/mol. The van der Waals surface area contributed by atoms with Crippen molar-refractivity contribution in [1.29, 1.82) is 0 Å². The molecule has 0 bridgehead atoms. The summed E-state index contributed by atoms with van der Waals surface area (Å²) in [4.78, 5) is 11.5. The van der Waals surface area contributed by atoms with E-state index >= 15 is 0 Å². The maximum atomic E-state index is 10.5. The Bertz CT molecular complexity index is 517. The Balaban J connectivity index is 1.74. The van der Waals surface area contributed by atoms with Crippen molar-refractivity contribution in [2.45, 2.75) is 19.1 Å². The molecule has 1 aromatic heterocycles. The Morgan fingerprint density at radius 1 is 1.18 bits per heavy atom. The van der Waals surface area contributed by atoms with Crippen LogP contribution in [0.2, 0.25) is 0 Å². The van der Waals surface area contributed by atoms with Gasteiger partial charge in [0.15, 0.2) is 11.6 Å². The van der Waals surface area contributed by atoms with Gasteiger partial charge in [-0.15, -0.1) is 0 Å². The minimum atomic E-state index is -0.338. The van der Waals surface area contributed by atoms with E-state index in [0.717, 1.165) is 50.0 Å². The molecule has 22 heavy (non-hydrogen) atoms. The number of β-amino-alcohol motifs (C(OH)–C–C–N with tert-alkyl or cyclic N) is 1. The molecule has 2 saturated heterocycles. The van der Waals surface area contributed by atoms with Gasteiger partial charge in [0, 0.05) is 45.0 Å². The van der Waals surface area contributed by atoms with Crippen LogP contribution in [-0.4, -0.2) is 85.5 Å². The van der Waals surface area contributed by atoms with E-state index in [1.54, 1.807) is 7.11 Å². The van der Waals surface area contributed by atoms with Crippen molar-refractivity contribution in [2.24, 2.45) is 0 Å². The van der Waals surface area contributed by atoms with Gasteiger partial charge in [-0.25, -0.2) is 4.98 Å². The molecule has 2 aliphatic rings. The molecular formula is C16H26N4O2. The van der Waals surface area contributed by atoms with E-state index in [9.17, 15) is 5.11 Å². The van der Waals surface area contributed by atoms with Crippen LogP contribution in [0.5, 0.6) is 5.75 Å². The van der Waals surface area contributed by atoms with Gasteiger partial charge >= 0.3 is 0 Å². The predicted octanol–water partition coefficient (Wildman–Crippen LogP) is 0.196. The van der Waals surface area contributed by atoms with Crippen LogP contribution in [0, 0.1) is 6.92 Å². The molecule has 0 saturated carbocycles. The molecule has 2 atom stereocenters. The van der Waals surface area contributed by atoms with Crippen molar-refractivity contribution in [3.05, 3.63) is 17.8 Å². The number of aromatic nitrogens is 1. The molecule has 1 N–H and O–H groups in total. The fraction of sp³-hybridized carbons (Fsp3) is 0.688. The fourth-order valence-electron chi connectivity index (χ4n) is 3.37. The molecule has 0 radical (unpaired) electrons. The van der Waals surface area contributed by atoms with Crippen molar-refractivity contribution >= 4 is 5.82 Å². The van der Waals surface area contributed by atoms with Gasteiger partial charge in [0.2, 0.25) is 0 Å². The van der Waals surface area contributed by atoms with Crippen LogP contribution in [0.3, 0.4) is 0 Å². The first-order valence-corrected chi connectivity index (χ1v) is 7.95. The van der Waals surface area contributed by atoms with E-state index in [1.807, 2.05) is 19.1 Å². The number of piperazine rings is 1. The van der Waals surface area contributed by atoms with Crippen LogP contribution in [0.15, 0.2) is 12.1 Å². The van der Waals surface area contributed by atoms with Gasteiger partial charge in [-0.2, -0.15) is 0 Å². The Hall–Kier alpha value is -1.37. The summed E-state index contributed by atoms with van der Waals surface area (Å²) in [7, 11) is 3.82. The Morgan fingerprint density at radius 2 is 1.91 bits per heavy atom. The van der Waals surface area contributed by atoms with Gasteiger partial charge in [-0.3, -0.25) is 4.90 Å². The van der Waals surface area contributed by atoms with E-state index in [0.29, 0.717) is 6.54 Å². The lowest BCUT2D eigenvalue weighted by Gasteiger charge is -2.37. The number of hydrogen-bond donors (Lipinski definition) is 1. The number of aliphatic hydroxyl groups excluding tert-OH is 1. The highest BCUT2D eigenvalue weighted by Gasteiger charge is 2.37. The number of methoxy groups -OCH3 is 1. The maximum Gasteiger partial charge on any atom is 0.171 e. The molecule has 6 nitrogen and oxygen atoms in total. The molecule has 0 aliphatic carbocycles. The number of hydrogen-bond acceptors (Lipinski definition) is 6. The number of rotatable bonds is 3. The Kier molecular flexibility index (Phi) is 4.52. The molecule has 2 aliphatic heterocycles. The van der Waals surface area contributed by atoms with E-state index in [1.165, 1.54) is 0 Å². The number of ether oxygens (including phenoxy) is 1. The first kappa shape index (κ1) is 15.5. The summed E-state index contributed by atoms with van der Waals surface area (Å²) >= 11 is 0. The smallest absolute Gasteiger partial charge is 0.171 e. The number of aliphatic hydroxyl groups is 1. The molecule has 0 spiro atoms. The Labute approximate surface area is 132 Å². The molecule has 3 heterocycles. The lowest BCUT2D eigenvalue weighted by molar-refractivity contribution is 0.0512. The maximum absolute atomic E-state index is 10.5. The first-order chi connectivity index (χ1) is 10.6. The third-order valence-corrected chi connectivity index (χ3v) is 4.76. The van der Waals surface area contributed by atoms with Crippen molar-refractivity contribution in [3.63, 3.8) is 0 Å². The lowest BCUT2D eigenvalue weighted by Crippen LogP contribution is -2.52. The van der Waals surface area contributed by atoms with Crippen LogP contribution in [0.1, 0.15) is 5.69 Å². The first-order valence-electron chi connectivity index (χ1n) is 7.95. The number of nitrogens with zero attached hydrogens (tertiary/aromatic N) is 4. The fourth-order valence-corrected chi connectivity index (χ4v) is 3.37. The van der Waals surface area contributed by atoms with Crippen molar-refractivity contribution in [3.8, 4) is 5.75 Å². The summed E-state index contributed by atoms with van der Waals surface area (Å²) in [6.07, 6.45) is -0.338. The molecule has 1 aromatic rings. The molecule has 0 aromatic carbocycles. The van der Waals surface area contributed by atoms with Crippen LogP contribution in [0.4, 0.5) is 5.82 Å². The normalized spacial score (nSPS) is 27.4. The molecule has 3 rings (SSSR count). The zero-order valence-corrected chi connectivity index (χ0v) is 13.7. The van der Waals surface area contributed by atoms with Gasteiger partial charge < -0.3 is 19.6 Å². The monoisotopic (exact) mass is 306 g/mol. The summed E-state index contributed by atoms with van der Waals surface area (Å²) in [6, 6.07) is 4.08. The average molecular weight is 306 g/mol. The topological polar surface area (TPSA) is 52.1 Å². The molecule has 2 fully saturated rings. The minimum Gasteiger partial charge on any atom is -0.493 e. The molecule has 122 valence electrons. The summed E-state index contributed by atoms with van der Waals surface area (Å²) < 4.78 is 5.44. The molecule has 0 unspecified atom stereocenters. The van der Waals surface area contributed by atoms with E-state index < -0.39 is 0 Å². The second-order valence-electron chi connectivity index (χ2n) is 6.36. The van der Waals surface area contributed by atoms with E-state index in [4.69, 9.17) is 4.74 Å². The highest BCUT2D eigenvalue weighted by molar-refractivity contribution is 5.54. The van der Waals surface area contributed by atoms with Crippen LogP contribution in [-0.2, 0) is 0 Å². The third kappa shape index (κ3) is 3.04. The summed E-state index contributed by atoms with van der Waals surface area (Å²) in [5.74, 6) is 1.62. The SMILES string of the molecule is COc1ccc(C)nc1N1C[C@H](O)[C@@H](N2CCN(C)CC2)C1. The van der Waals surface area contributed by atoms with Gasteiger partial charge in [0.05, 0.1) is 19.3 Å². The van der Waals surface area contributed by atoms with Gasteiger partial charge in [-0.05, 0) is 26.1 Å².